The van der Waals surface area contributed by atoms with E-state index in [0.717, 1.165) is 44.8 Å². The minimum Gasteiger partial charge on any atom is -0.388 e. The smallest absolute Gasteiger partial charge is 0.147 e. The van der Waals surface area contributed by atoms with Gasteiger partial charge in [0.25, 0.3) is 0 Å². The van der Waals surface area contributed by atoms with Gasteiger partial charge in [0.05, 0.1) is 12.4 Å². The molecule has 0 radical (unpaired) electrons. The average molecular weight is 222 g/mol. The van der Waals surface area contributed by atoms with E-state index >= 15 is 0 Å². The lowest BCUT2D eigenvalue weighted by Gasteiger charge is -2.26. The molecule has 1 aromatic rings. The van der Waals surface area contributed by atoms with Crippen molar-refractivity contribution >= 4 is 5.84 Å². The van der Waals surface area contributed by atoms with Crippen molar-refractivity contribution in [2.75, 3.05) is 13.1 Å². The molecule has 0 aliphatic carbocycles. The summed E-state index contributed by atoms with van der Waals surface area (Å²) in [4.78, 5) is 2.38. The van der Waals surface area contributed by atoms with Gasteiger partial charge in [-0.25, -0.2) is 0 Å². The van der Waals surface area contributed by atoms with Gasteiger partial charge in [-0.1, -0.05) is 0 Å². The van der Waals surface area contributed by atoms with Gasteiger partial charge in [0.2, 0.25) is 0 Å². The molecule has 1 aliphatic heterocycles. The zero-order valence-corrected chi connectivity index (χ0v) is 9.39. The number of nitrogens with two attached hydrogens (primary N) is 1. The molecule has 6 nitrogen and oxygen atoms in total. The molecule has 2 heterocycles. The van der Waals surface area contributed by atoms with Gasteiger partial charge in [-0.05, 0) is 19.4 Å². The van der Waals surface area contributed by atoms with Crippen molar-refractivity contribution in [3.63, 3.8) is 0 Å². The third-order valence-corrected chi connectivity index (χ3v) is 2.89. The molecular weight excluding hydrogens is 204 g/mol. The first-order chi connectivity index (χ1) is 7.75. The Morgan fingerprint density at radius 3 is 3.12 bits per heavy atom. The standard InChI is InChI=1S/C10H18N6/c11-9(12)3-1-2-4-15-5-6-16-8-13-14-10(16)7-15/h8H,1-7H2,(H3,11,12). The topological polar surface area (TPSA) is 83.8 Å². The third-order valence-electron chi connectivity index (χ3n) is 2.89. The Balaban J connectivity index is 1.71. The van der Waals surface area contributed by atoms with E-state index in [9.17, 15) is 0 Å². The van der Waals surface area contributed by atoms with Crippen LogP contribution < -0.4 is 5.73 Å². The largest absolute Gasteiger partial charge is 0.388 e. The summed E-state index contributed by atoms with van der Waals surface area (Å²) in [5.41, 5.74) is 5.31. The van der Waals surface area contributed by atoms with Crippen LogP contribution >= 0.6 is 0 Å². The predicted octanol–water partition coefficient (Wildman–Crippen LogP) is 0.200. The van der Waals surface area contributed by atoms with Gasteiger partial charge in [-0.15, -0.1) is 10.2 Å². The summed E-state index contributed by atoms with van der Waals surface area (Å²) in [6, 6.07) is 0. The van der Waals surface area contributed by atoms with Crippen LogP contribution in [0.15, 0.2) is 6.33 Å². The Bertz CT molecular complexity index is 358. The van der Waals surface area contributed by atoms with E-state index in [0.29, 0.717) is 12.3 Å². The first-order valence-electron chi connectivity index (χ1n) is 5.67. The van der Waals surface area contributed by atoms with E-state index in [-0.39, 0.29) is 0 Å². The fourth-order valence-electron chi connectivity index (χ4n) is 1.96. The lowest BCUT2D eigenvalue weighted by atomic mass is 10.2. The highest BCUT2D eigenvalue weighted by atomic mass is 15.3. The maximum atomic E-state index is 7.14. The Labute approximate surface area is 95.0 Å². The number of nitrogens with zero attached hydrogens (tertiary/aromatic N) is 4. The van der Waals surface area contributed by atoms with Crippen LogP contribution in [-0.2, 0) is 13.1 Å². The van der Waals surface area contributed by atoms with Crippen LogP contribution in [0.2, 0.25) is 0 Å². The summed E-state index contributed by atoms with van der Waals surface area (Å²) in [5, 5.41) is 15.1. The van der Waals surface area contributed by atoms with Crippen molar-refractivity contribution in [1.82, 2.24) is 19.7 Å². The first kappa shape index (κ1) is 11.1. The second kappa shape index (κ2) is 5.07. The van der Waals surface area contributed by atoms with Crippen LogP contribution in [0.3, 0.4) is 0 Å². The Kier molecular flexibility index (Phi) is 3.51. The van der Waals surface area contributed by atoms with Crippen LogP contribution in [-0.4, -0.2) is 38.6 Å². The zero-order chi connectivity index (χ0) is 11.4. The molecule has 0 saturated carbocycles. The summed E-state index contributed by atoms with van der Waals surface area (Å²) in [7, 11) is 0. The fraction of sp³-hybridized carbons (Fsp3) is 0.700. The van der Waals surface area contributed by atoms with E-state index in [1.165, 1.54) is 0 Å². The summed E-state index contributed by atoms with van der Waals surface area (Å²) in [6.45, 7) is 3.99. The minimum atomic E-state index is 0.290. The van der Waals surface area contributed by atoms with Crippen LogP contribution in [0.4, 0.5) is 0 Å². The van der Waals surface area contributed by atoms with Crippen molar-refractivity contribution in [3.8, 4) is 0 Å². The van der Waals surface area contributed by atoms with E-state index in [2.05, 4.69) is 19.7 Å². The molecule has 88 valence electrons. The molecule has 0 amide bonds. The minimum absolute atomic E-state index is 0.290. The van der Waals surface area contributed by atoms with Crippen molar-refractivity contribution in [1.29, 1.82) is 5.41 Å². The average Bonchev–Trinajstić information content (AvgIpc) is 2.71. The third kappa shape index (κ3) is 2.79. The maximum absolute atomic E-state index is 7.14. The number of rotatable bonds is 5. The monoisotopic (exact) mass is 222 g/mol. The molecule has 0 atom stereocenters. The maximum Gasteiger partial charge on any atom is 0.147 e. The summed E-state index contributed by atoms with van der Waals surface area (Å²) in [6.07, 6.45) is 4.60. The zero-order valence-electron chi connectivity index (χ0n) is 9.39. The highest BCUT2D eigenvalue weighted by Crippen LogP contribution is 2.10. The predicted molar refractivity (Wildman–Crippen MR) is 61.1 cm³/mol. The Hall–Kier alpha value is -1.43. The van der Waals surface area contributed by atoms with Gasteiger partial charge >= 0.3 is 0 Å². The quantitative estimate of drug-likeness (QED) is 0.423. The summed E-state index contributed by atoms with van der Waals surface area (Å²) >= 11 is 0. The van der Waals surface area contributed by atoms with Gasteiger partial charge in [0, 0.05) is 19.5 Å². The molecule has 0 unspecified atom stereocenters. The van der Waals surface area contributed by atoms with E-state index in [4.69, 9.17) is 11.1 Å². The molecule has 0 bridgehead atoms. The molecule has 0 saturated heterocycles. The molecule has 0 spiro atoms. The summed E-state index contributed by atoms with van der Waals surface area (Å²) < 4.78 is 2.10. The first-order valence-corrected chi connectivity index (χ1v) is 5.67. The van der Waals surface area contributed by atoms with Gasteiger partial charge in [-0.3, -0.25) is 10.3 Å². The van der Waals surface area contributed by atoms with Gasteiger partial charge in [-0.2, -0.15) is 0 Å². The Morgan fingerprint density at radius 1 is 1.44 bits per heavy atom. The highest BCUT2D eigenvalue weighted by Gasteiger charge is 2.16. The van der Waals surface area contributed by atoms with Crippen molar-refractivity contribution in [3.05, 3.63) is 12.2 Å². The molecule has 6 heteroatoms. The molecular formula is C10H18N6. The van der Waals surface area contributed by atoms with Crippen LogP contribution in [0.5, 0.6) is 0 Å². The number of unbranched alkanes of at least 4 members (excludes halogenated alkanes) is 1. The lowest BCUT2D eigenvalue weighted by molar-refractivity contribution is 0.213. The number of hydrogen-bond donors (Lipinski definition) is 2. The van der Waals surface area contributed by atoms with Crippen molar-refractivity contribution in [2.45, 2.75) is 32.4 Å². The molecule has 3 N–H and O–H groups in total. The summed E-state index contributed by atoms with van der Waals surface area (Å²) in [5.74, 6) is 1.34. The molecule has 1 aromatic heterocycles. The molecule has 1 aliphatic rings. The molecule has 0 fully saturated rings. The van der Waals surface area contributed by atoms with Crippen molar-refractivity contribution in [2.24, 2.45) is 5.73 Å². The number of aromatic nitrogens is 3. The number of hydrogen-bond acceptors (Lipinski definition) is 4. The van der Waals surface area contributed by atoms with Crippen LogP contribution in [0, 0.1) is 5.41 Å². The Morgan fingerprint density at radius 2 is 2.31 bits per heavy atom. The highest BCUT2D eigenvalue weighted by molar-refractivity contribution is 5.76. The SMILES string of the molecule is N=C(N)CCCCN1CCn2cnnc2C1. The van der Waals surface area contributed by atoms with E-state index < -0.39 is 0 Å². The molecule has 0 aromatic carbocycles. The fourth-order valence-corrected chi connectivity index (χ4v) is 1.96. The number of amidine groups is 1. The normalized spacial score (nSPS) is 16.0. The van der Waals surface area contributed by atoms with Gasteiger partial charge in [0.1, 0.15) is 12.2 Å². The van der Waals surface area contributed by atoms with E-state index in [1.54, 1.807) is 6.33 Å². The molecule has 16 heavy (non-hydrogen) atoms. The second-order valence-corrected chi connectivity index (χ2v) is 4.20. The van der Waals surface area contributed by atoms with E-state index in [1.807, 2.05) is 0 Å². The molecule has 2 rings (SSSR count). The van der Waals surface area contributed by atoms with Crippen LogP contribution in [0.25, 0.3) is 0 Å². The number of nitrogens with one attached hydrogen (secondary N) is 1. The van der Waals surface area contributed by atoms with Gasteiger partial charge in [0.15, 0.2) is 0 Å². The van der Waals surface area contributed by atoms with Gasteiger partial charge < -0.3 is 10.3 Å². The second-order valence-electron chi connectivity index (χ2n) is 4.20. The lowest BCUT2D eigenvalue weighted by Crippen LogP contribution is -2.34. The van der Waals surface area contributed by atoms with Crippen LogP contribution in [0.1, 0.15) is 25.1 Å². The number of fused-ring (bicyclic) bond motifs is 1. The van der Waals surface area contributed by atoms with Crippen molar-refractivity contribution < 1.29 is 0 Å².